The number of methoxy groups -OCH3 is 1. The SMILES string of the molecule is CCC[O][Zr]([F])([F])([F])([F])([O]CCC)([O]CCC)[O]Cc1ccc(COC)cc1. The first-order valence-electron chi connectivity index (χ1n) is 9.57. The fourth-order valence-electron chi connectivity index (χ4n) is 2.57. The van der Waals surface area contributed by atoms with E-state index in [9.17, 15) is 0 Å². The zero-order valence-corrected chi connectivity index (χ0v) is 19.5. The second-order valence-corrected chi connectivity index (χ2v) is 20.7. The maximum atomic E-state index is 16.0. The van der Waals surface area contributed by atoms with Crippen LogP contribution in [-0.2, 0) is 47.7 Å². The van der Waals surface area contributed by atoms with Crippen molar-refractivity contribution in [1.29, 1.82) is 0 Å². The van der Waals surface area contributed by atoms with Crippen LogP contribution in [0.25, 0.3) is 0 Å². The van der Waals surface area contributed by atoms with Crippen molar-refractivity contribution in [3.8, 4) is 0 Å². The molecule has 0 bridgehead atoms. The van der Waals surface area contributed by atoms with Crippen LogP contribution in [-0.4, -0.2) is 26.9 Å². The molecule has 0 radical (unpaired) electrons. The van der Waals surface area contributed by atoms with Crippen molar-refractivity contribution in [1.82, 2.24) is 0 Å². The monoisotopic (exact) mass is 494 g/mol. The molecule has 0 spiro atoms. The summed E-state index contributed by atoms with van der Waals surface area (Å²) < 4.78 is 85.1. The predicted octanol–water partition coefficient (Wildman–Crippen LogP) is 6.12. The molecule has 0 aliphatic carbocycles. The summed E-state index contributed by atoms with van der Waals surface area (Å²) in [6.07, 6.45) is -0.335. The molecule has 0 aliphatic heterocycles. The molecule has 0 unspecified atom stereocenters. The Bertz CT molecular complexity index is 666. The Labute approximate surface area is 160 Å². The zero-order valence-electron chi connectivity index (χ0n) is 17.0. The molecule has 0 fully saturated rings. The standard InChI is InChI=1S/C9H11O2.3C3H7O.4FH.Zr/c1-11-7-9-4-2-8(6-10)3-5-9;3*1-2-3-4;;;;;/h2-5H,6-7H2,1H3;3*2-3H2,1H3;4*1H;/q4*-1;;;;;+8/p-4. The number of ether oxygens (including phenoxy) is 1. The van der Waals surface area contributed by atoms with Crippen molar-refractivity contribution in [3.63, 3.8) is 0 Å². The van der Waals surface area contributed by atoms with E-state index in [1.54, 1.807) is 12.1 Å². The molecule has 5 nitrogen and oxygen atoms in total. The average Bonchev–Trinajstić information content (AvgIpc) is 2.65. The van der Waals surface area contributed by atoms with Crippen molar-refractivity contribution in [2.75, 3.05) is 26.9 Å². The molecule has 0 atom stereocenters. The Morgan fingerprint density at radius 3 is 1.32 bits per heavy atom. The Morgan fingerprint density at radius 1 is 0.643 bits per heavy atom. The zero-order chi connectivity index (χ0) is 21.5. The van der Waals surface area contributed by atoms with E-state index < -0.39 is 45.0 Å². The van der Waals surface area contributed by atoms with Gasteiger partial charge in [0, 0.05) is 0 Å². The van der Waals surface area contributed by atoms with Gasteiger partial charge in [0.05, 0.1) is 0 Å². The first-order chi connectivity index (χ1) is 12.7. The molecule has 10 heteroatoms. The first-order valence-corrected chi connectivity index (χ1v) is 17.3. The van der Waals surface area contributed by atoms with Gasteiger partial charge in [-0.15, -0.1) is 0 Å². The van der Waals surface area contributed by atoms with Gasteiger partial charge in [0.1, 0.15) is 0 Å². The van der Waals surface area contributed by atoms with E-state index in [2.05, 4.69) is 11.3 Å². The summed E-state index contributed by atoms with van der Waals surface area (Å²) in [5.74, 6) is 0. The molecule has 0 aromatic heterocycles. The van der Waals surface area contributed by atoms with Crippen LogP contribution in [0.1, 0.15) is 51.2 Å². The summed E-state index contributed by atoms with van der Waals surface area (Å²) in [6.45, 7) is 0.402. The van der Waals surface area contributed by atoms with Crippen molar-refractivity contribution in [3.05, 3.63) is 35.4 Å². The molecule has 166 valence electrons. The number of benzene rings is 1. The van der Waals surface area contributed by atoms with Crippen molar-refractivity contribution >= 4 is 0 Å². The number of halogens is 4. The second-order valence-electron chi connectivity index (χ2n) is 7.25. The molecule has 0 N–H and O–H groups in total. The van der Waals surface area contributed by atoms with Gasteiger partial charge < -0.3 is 0 Å². The number of rotatable bonds is 14. The summed E-state index contributed by atoms with van der Waals surface area (Å²) in [5.41, 5.74) is 0.829. The Kier molecular flexibility index (Phi) is 6.25. The Hall–Kier alpha value is -0.377. The normalized spacial score (nSPS) is 18.0. The van der Waals surface area contributed by atoms with Crippen LogP contribution in [0.5, 0.6) is 0 Å². The van der Waals surface area contributed by atoms with Gasteiger partial charge in [-0.3, -0.25) is 0 Å². The fraction of sp³-hybridized carbons (Fsp3) is 0.667. The van der Waals surface area contributed by atoms with Crippen molar-refractivity contribution in [2.45, 2.75) is 53.2 Å². The summed E-state index contributed by atoms with van der Waals surface area (Å²) >= 11 is -12.4. The van der Waals surface area contributed by atoms with E-state index in [0.717, 1.165) is 5.56 Å². The quantitative estimate of drug-likeness (QED) is 0.291. The topological polar surface area (TPSA) is 46.2 Å². The molecule has 0 aliphatic rings. The van der Waals surface area contributed by atoms with E-state index >= 15 is 10.5 Å². The van der Waals surface area contributed by atoms with Crippen LogP contribution in [0.15, 0.2) is 24.3 Å². The summed E-state index contributed by atoms with van der Waals surface area (Å²) in [6, 6.07) is 5.90. The Balaban J connectivity index is 3.40. The van der Waals surface area contributed by atoms with Crippen LogP contribution >= 0.6 is 0 Å². The van der Waals surface area contributed by atoms with E-state index in [1.165, 1.54) is 40.0 Å². The van der Waals surface area contributed by atoms with Gasteiger partial charge >= 0.3 is 161 Å². The number of hydrogen-bond acceptors (Lipinski definition) is 5. The molecule has 0 heterocycles. The van der Waals surface area contributed by atoms with Gasteiger partial charge in [0.25, 0.3) is 0 Å². The first kappa shape index (κ1) is 25.7. The fourth-order valence-corrected chi connectivity index (χ4v) is 10.8. The van der Waals surface area contributed by atoms with Crippen LogP contribution < -0.4 is 0 Å². The maximum absolute atomic E-state index is 16.0. The second kappa shape index (κ2) is 6.82. The van der Waals surface area contributed by atoms with E-state index in [1.807, 2.05) is 0 Å². The van der Waals surface area contributed by atoms with Gasteiger partial charge in [-0.1, -0.05) is 0 Å². The van der Waals surface area contributed by atoms with E-state index in [4.69, 9.17) is 4.74 Å². The molecule has 0 saturated heterocycles. The van der Waals surface area contributed by atoms with Crippen LogP contribution in [0.4, 0.5) is 10.5 Å². The molecule has 1 aromatic carbocycles. The molecular weight excluding hydrogens is 463 g/mol. The molecule has 1 rings (SSSR count). The molecule has 0 saturated carbocycles. The van der Waals surface area contributed by atoms with Gasteiger partial charge in [-0.05, 0) is 0 Å². The third kappa shape index (κ3) is 6.31. The van der Waals surface area contributed by atoms with Gasteiger partial charge in [-0.2, -0.15) is 0 Å². The van der Waals surface area contributed by atoms with Gasteiger partial charge in [-0.25, -0.2) is 0 Å². The van der Waals surface area contributed by atoms with Crippen LogP contribution in [0.3, 0.4) is 0 Å². The minimum absolute atomic E-state index is 0.0793. The van der Waals surface area contributed by atoms with E-state index in [0.29, 0.717) is 6.61 Å². The molecule has 0 amide bonds. The average molecular weight is 496 g/mol. The minimum atomic E-state index is -12.4. The molecule has 28 heavy (non-hydrogen) atoms. The molecular formula is C18H32F4O5Zr. The molecule has 1 aromatic rings. The third-order valence-corrected chi connectivity index (χ3v) is 13.7. The summed E-state index contributed by atoms with van der Waals surface area (Å²) in [7, 11) is 1.50. The predicted molar refractivity (Wildman–Crippen MR) is 95.1 cm³/mol. The summed E-state index contributed by atoms with van der Waals surface area (Å²) in [5, 5.41) is 0. The van der Waals surface area contributed by atoms with Gasteiger partial charge in [0.15, 0.2) is 0 Å². The van der Waals surface area contributed by atoms with Crippen molar-refractivity contribution in [2.24, 2.45) is 0 Å². The van der Waals surface area contributed by atoms with Crippen LogP contribution in [0, 0.1) is 0 Å². The Morgan fingerprint density at radius 2 is 1.00 bits per heavy atom. The van der Waals surface area contributed by atoms with Crippen LogP contribution in [0.2, 0.25) is 0 Å². The van der Waals surface area contributed by atoms with E-state index in [-0.39, 0.29) is 24.8 Å². The third-order valence-electron chi connectivity index (χ3n) is 4.07. The number of hydrogen-bond donors (Lipinski definition) is 0. The summed E-state index contributed by atoms with van der Waals surface area (Å²) in [4.78, 5) is 0. The van der Waals surface area contributed by atoms with Gasteiger partial charge in [0.2, 0.25) is 0 Å². The van der Waals surface area contributed by atoms with Crippen molar-refractivity contribution < 1.29 is 45.0 Å².